The van der Waals surface area contributed by atoms with Crippen molar-refractivity contribution in [3.05, 3.63) is 33.4 Å². The number of hydrogen-bond donors (Lipinski definition) is 1. The molecule has 1 rings (SSSR count). The fourth-order valence-corrected chi connectivity index (χ4v) is 1.08. The highest BCUT2D eigenvalue weighted by molar-refractivity contribution is 14.1. The average molecular weight is 259 g/mol. The van der Waals surface area contributed by atoms with Gasteiger partial charge in [-0.25, -0.2) is 0 Å². The Labute approximate surface area is 78.6 Å². The number of rotatable bonds is 1. The summed E-state index contributed by atoms with van der Waals surface area (Å²) in [5, 5.41) is 17.4. The molecule has 3 heteroatoms. The molecule has 0 saturated carbocycles. The second-order valence-corrected chi connectivity index (χ2v) is 3.33. The first-order valence-corrected chi connectivity index (χ1v) is 4.15. The normalized spacial score (nSPS) is 12.1. The van der Waals surface area contributed by atoms with Gasteiger partial charge >= 0.3 is 0 Å². The highest BCUT2D eigenvalue weighted by atomic mass is 127. The first kappa shape index (κ1) is 8.50. The van der Waals surface area contributed by atoms with Crippen molar-refractivity contribution in [1.29, 1.82) is 5.26 Å². The van der Waals surface area contributed by atoms with Crippen LogP contribution >= 0.6 is 22.6 Å². The van der Waals surface area contributed by atoms with Gasteiger partial charge in [0.05, 0.1) is 6.07 Å². The molecule has 2 nitrogen and oxygen atoms in total. The lowest BCUT2D eigenvalue weighted by Crippen LogP contribution is -1.92. The molecule has 1 aromatic rings. The van der Waals surface area contributed by atoms with E-state index in [9.17, 15) is 0 Å². The minimum atomic E-state index is -0.994. The monoisotopic (exact) mass is 259 g/mol. The Morgan fingerprint density at radius 2 is 1.91 bits per heavy atom. The van der Waals surface area contributed by atoms with Crippen LogP contribution in [-0.4, -0.2) is 5.11 Å². The van der Waals surface area contributed by atoms with E-state index in [1.165, 1.54) is 0 Å². The minimum absolute atomic E-state index is 0.646. The second kappa shape index (κ2) is 3.69. The third-order valence-electron chi connectivity index (χ3n) is 1.31. The van der Waals surface area contributed by atoms with Crippen LogP contribution < -0.4 is 0 Å². The van der Waals surface area contributed by atoms with Gasteiger partial charge < -0.3 is 5.11 Å². The number of benzene rings is 1. The molecule has 56 valence electrons. The van der Waals surface area contributed by atoms with Gasteiger partial charge in [-0.15, -0.1) is 0 Å². The van der Waals surface area contributed by atoms with Crippen molar-refractivity contribution in [2.45, 2.75) is 6.10 Å². The third-order valence-corrected chi connectivity index (χ3v) is 2.03. The molecule has 0 amide bonds. The molecule has 11 heavy (non-hydrogen) atoms. The Balaban J connectivity index is 2.92. The van der Waals surface area contributed by atoms with E-state index in [0.717, 1.165) is 3.57 Å². The van der Waals surface area contributed by atoms with E-state index in [2.05, 4.69) is 22.6 Å². The molecule has 1 unspecified atom stereocenters. The van der Waals surface area contributed by atoms with Crippen LogP contribution in [-0.2, 0) is 0 Å². The fourth-order valence-electron chi connectivity index (χ4n) is 0.720. The Kier molecular flexibility index (Phi) is 2.85. The van der Waals surface area contributed by atoms with Gasteiger partial charge in [-0.2, -0.15) is 5.26 Å². The summed E-state index contributed by atoms with van der Waals surface area (Å²) in [5.74, 6) is 0. The average Bonchev–Trinajstić information content (AvgIpc) is 2.05. The van der Waals surface area contributed by atoms with Crippen LogP contribution in [0.15, 0.2) is 24.3 Å². The first-order chi connectivity index (χ1) is 5.24. The van der Waals surface area contributed by atoms with Gasteiger partial charge in [-0.3, -0.25) is 0 Å². The molecule has 1 aromatic carbocycles. The summed E-state index contributed by atoms with van der Waals surface area (Å²) in [4.78, 5) is 0. The molecule has 0 heterocycles. The molecule has 0 fully saturated rings. The largest absolute Gasteiger partial charge is 0.374 e. The molecule has 1 atom stereocenters. The van der Waals surface area contributed by atoms with Gasteiger partial charge in [0.25, 0.3) is 0 Å². The zero-order chi connectivity index (χ0) is 8.27. The molecule has 0 aliphatic heterocycles. The smallest absolute Gasteiger partial charge is 0.165 e. The predicted molar refractivity (Wildman–Crippen MR) is 49.7 cm³/mol. The first-order valence-electron chi connectivity index (χ1n) is 3.07. The van der Waals surface area contributed by atoms with Crippen molar-refractivity contribution in [1.82, 2.24) is 0 Å². The summed E-state index contributed by atoms with van der Waals surface area (Å²) >= 11 is 2.17. The van der Waals surface area contributed by atoms with Crippen molar-refractivity contribution < 1.29 is 5.11 Å². The van der Waals surface area contributed by atoms with Gasteiger partial charge in [0.15, 0.2) is 6.10 Å². The molecule has 0 aliphatic rings. The van der Waals surface area contributed by atoms with Crippen molar-refractivity contribution >= 4 is 22.6 Å². The Hall–Kier alpha value is -0.600. The lowest BCUT2D eigenvalue weighted by molar-refractivity contribution is 0.236. The summed E-state index contributed by atoms with van der Waals surface area (Å²) < 4.78 is 1.09. The van der Waals surface area contributed by atoms with E-state index in [1.807, 2.05) is 12.1 Å². The van der Waals surface area contributed by atoms with Crippen LogP contribution in [0.1, 0.15) is 11.7 Å². The van der Waals surface area contributed by atoms with E-state index in [0.29, 0.717) is 5.56 Å². The Bertz CT molecular complexity index is 275. The number of aliphatic hydroxyl groups is 1. The van der Waals surface area contributed by atoms with Gasteiger partial charge in [-0.1, -0.05) is 12.1 Å². The van der Waals surface area contributed by atoms with Crippen molar-refractivity contribution in [2.24, 2.45) is 0 Å². The summed E-state index contributed by atoms with van der Waals surface area (Å²) in [7, 11) is 0. The number of aliphatic hydroxyl groups excluding tert-OH is 1. The maximum absolute atomic E-state index is 9.06. The van der Waals surface area contributed by atoms with E-state index in [-0.39, 0.29) is 0 Å². The van der Waals surface area contributed by atoms with Crippen LogP contribution in [0.5, 0.6) is 0 Å². The SMILES string of the molecule is N#CC(O)c1ccc(I)cc1. The third kappa shape index (κ3) is 2.17. The van der Waals surface area contributed by atoms with Crippen molar-refractivity contribution in [2.75, 3.05) is 0 Å². The van der Waals surface area contributed by atoms with Crippen molar-refractivity contribution in [3.63, 3.8) is 0 Å². The van der Waals surface area contributed by atoms with Gasteiger partial charge in [0.2, 0.25) is 0 Å². The fraction of sp³-hybridized carbons (Fsp3) is 0.125. The summed E-state index contributed by atoms with van der Waals surface area (Å²) in [5.41, 5.74) is 0.646. The maximum Gasteiger partial charge on any atom is 0.165 e. The van der Waals surface area contributed by atoms with Gasteiger partial charge in [0, 0.05) is 3.57 Å². The van der Waals surface area contributed by atoms with Crippen molar-refractivity contribution in [3.8, 4) is 6.07 Å². The molecule has 0 aliphatic carbocycles. The van der Waals surface area contributed by atoms with Gasteiger partial charge in [0.1, 0.15) is 0 Å². The maximum atomic E-state index is 9.06. The molecule has 0 radical (unpaired) electrons. The topological polar surface area (TPSA) is 44.0 Å². The number of nitrogens with zero attached hydrogens (tertiary/aromatic N) is 1. The molecule has 0 aromatic heterocycles. The second-order valence-electron chi connectivity index (χ2n) is 2.08. The Morgan fingerprint density at radius 3 is 2.36 bits per heavy atom. The number of nitriles is 1. The highest BCUT2D eigenvalue weighted by Gasteiger charge is 2.03. The van der Waals surface area contributed by atoms with E-state index in [4.69, 9.17) is 10.4 Å². The summed E-state index contributed by atoms with van der Waals surface area (Å²) in [6, 6.07) is 8.96. The molecular formula is C8H6INO. The number of halogens is 1. The van der Waals surface area contributed by atoms with E-state index in [1.54, 1.807) is 18.2 Å². The summed E-state index contributed by atoms with van der Waals surface area (Å²) in [6.45, 7) is 0. The molecule has 1 N–H and O–H groups in total. The lowest BCUT2D eigenvalue weighted by atomic mass is 10.1. The molecule has 0 bridgehead atoms. The number of hydrogen-bond acceptors (Lipinski definition) is 2. The van der Waals surface area contributed by atoms with Crippen LogP contribution in [0.2, 0.25) is 0 Å². The molecular weight excluding hydrogens is 253 g/mol. The van der Waals surface area contributed by atoms with Crippen LogP contribution in [0.25, 0.3) is 0 Å². The van der Waals surface area contributed by atoms with Crippen LogP contribution in [0.4, 0.5) is 0 Å². The zero-order valence-electron chi connectivity index (χ0n) is 5.66. The predicted octanol–water partition coefficient (Wildman–Crippen LogP) is 1.85. The van der Waals surface area contributed by atoms with Crippen LogP contribution in [0, 0.1) is 14.9 Å². The quantitative estimate of drug-likeness (QED) is 0.617. The van der Waals surface area contributed by atoms with Gasteiger partial charge in [-0.05, 0) is 40.3 Å². The zero-order valence-corrected chi connectivity index (χ0v) is 7.82. The molecule has 0 saturated heterocycles. The standard InChI is InChI=1S/C8H6INO/c9-7-3-1-6(2-4-7)8(11)5-10/h1-4,8,11H. The minimum Gasteiger partial charge on any atom is -0.374 e. The van der Waals surface area contributed by atoms with Crippen LogP contribution in [0.3, 0.4) is 0 Å². The van der Waals surface area contributed by atoms with E-state index >= 15 is 0 Å². The van der Waals surface area contributed by atoms with E-state index < -0.39 is 6.10 Å². The lowest BCUT2D eigenvalue weighted by Gasteiger charge is -2.00. The summed E-state index contributed by atoms with van der Waals surface area (Å²) in [6.07, 6.45) is -0.994. The highest BCUT2D eigenvalue weighted by Crippen LogP contribution is 2.13. The molecule has 0 spiro atoms. The Morgan fingerprint density at radius 1 is 1.36 bits per heavy atom.